The molecular formula is C16H32N2O4S2. The third-order valence-electron chi connectivity index (χ3n) is 4.02. The van der Waals surface area contributed by atoms with E-state index in [9.17, 15) is 0 Å². The van der Waals surface area contributed by atoms with Crippen molar-refractivity contribution in [3.05, 3.63) is 0 Å². The normalized spacial score (nSPS) is 29.2. The average Bonchev–Trinajstić information content (AvgIpc) is 3.17. The fraction of sp³-hybridized carbons (Fsp3) is 1.00. The van der Waals surface area contributed by atoms with Gasteiger partial charge in [0.2, 0.25) is 0 Å². The maximum atomic E-state index is 5.95. The Hall–Kier alpha value is 0.460. The molecule has 0 radical (unpaired) electrons. The van der Waals surface area contributed by atoms with E-state index in [4.69, 9.17) is 30.4 Å². The van der Waals surface area contributed by atoms with E-state index in [1.165, 1.54) is 0 Å². The molecule has 0 unspecified atom stereocenters. The van der Waals surface area contributed by atoms with Crippen molar-refractivity contribution in [3.63, 3.8) is 0 Å². The predicted molar refractivity (Wildman–Crippen MR) is 101 cm³/mol. The van der Waals surface area contributed by atoms with Gasteiger partial charge in [0.15, 0.2) is 0 Å². The summed E-state index contributed by atoms with van der Waals surface area (Å²) in [6, 6.07) is 0. The number of hydrogen-bond donors (Lipinski definition) is 2. The highest BCUT2D eigenvalue weighted by Gasteiger charge is 2.48. The van der Waals surface area contributed by atoms with E-state index in [1.807, 2.05) is 23.5 Å². The molecule has 4 N–H and O–H groups in total. The minimum Gasteiger partial charge on any atom is -0.373 e. The Morgan fingerprint density at radius 3 is 1.62 bits per heavy atom. The average molecular weight is 381 g/mol. The van der Waals surface area contributed by atoms with Crippen LogP contribution in [0.2, 0.25) is 0 Å². The van der Waals surface area contributed by atoms with Crippen LogP contribution in [0.4, 0.5) is 0 Å². The minimum absolute atomic E-state index is 0.0262. The van der Waals surface area contributed by atoms with Gasteiger partial charge in [-0.3, -0.25) is 0 Å². The molecule has 0 aromatic heterocycles. The van der Waals surface area contributed by atoms with Crippen LogP contribution in [0.15, 0.2) is 0 Å². The molecule has 2 aliphatic rings. The predicted octanol–water partition coefficient (Wildman–Crippen LogP) is 0.718. The molecule has 0 aliphatic carbocycles. The largest absolute Gasteiger partial charge is 0.373 e. The highest BCUT2D eigenvalue weighted by molar-refractivity contribution is 7.99. The topological polar surface area (TPSA) is 89.0 Å². The summed E-state index contributed by atoms with van der Waals surface area (Å²) >= 11 is 3.75. The van der Waals surface area contributed by atoms with Gasteiger partial charge in [-0.15, -0.1) is 0 Å². The van der Waals surface area contributed by atoms with E-state index in [0.717, 1.165) is 62.2 Å². The third kappa shape index (κ3) is 6.99. The van der Waals surface area contributed by atoms with Gasteiger partial charge in [-0.1, -0.05) is 0 Å². The van der Waals surface area contributed by atoms with Crippen LogP contribution in [-0.4, -0.2) is 86.9 Å². The van der Waals surface area contributed by atoms with E-state index in [2.05, 4.69) is 0 Å². The third-order valence-corrected chi connectivity index (χ3v) is 6.22. The monoisotopic (exact) mass is 380 g/mol. The lowest BCUT2D eigenvalue weighted by Crippen LogP contribution is -2.34. The number of nitrogens with two attached hydrogens (primary N) is 2. The maximum absolute atomic E-state index is 5.95. The van der Waals surface area contributed by atoms with Crippen LogP contribution in [0, 0.1) is 0 Å². The first-order valence-corrected chi connectivity index (χ1v) is 11.2. The second-order valence-corrected chi connectivity index (χ2v) is 8.37. The molecule has 0 bridgehead atoms. The van der Waals surface area contributed by atoms with Crippen LogP contribution < -0.4 is 11.5 Å². The zero-order chi connectivity index (χ0) is 17.0. The first-order valence-electron chi connectivity index (χ1n) is 8.89. The van der Waals surface area contributed by atoms with Crippen LogP contribution in [0.1, 0.15) is 12.8 Å². The van der Waals surface area contributed by atoms with Crippen molar-refractivity contribution in [1.29, 1.82) is 0 Å². The molecule has 0 spiro atoms. The molecule has 0 saturated carbocycles. The quantitative estimate of drug-likeness (QED) is 0.426. The molecule has 0 aromatic carbocycles. The second-order valence-electron chi connectivity index (χ2n) is 5.92. The molecule has 4 atom stereocenters. The van der Waals surface area contributed by atoms with Crippen LogP contribution in [0.3, 0.4) is 0 Å². The van der Waals surface area contributed by atoms with Crippen molar-refractivity contribution < 1.29 is 18.9 Å². The first kappa shape index (κ1) is 20.8. The fourth-order valence-electron chi connectivity index (χ4n) is 2.88. The summed E-state index contributed by atoms with van der Waals surface area (Å²) in [4.78, 5) is 0. The Morgan fingerprint density at radius 1 is 0.750 bits per heavy atom. The Labute approximate surface area is 154 Å². The molecule has 2 saturated heterocycles. The number of fused-ring (bicyclic) bond motifs is 1. The van der Waals surface area contributed by atoms with E-state index in [-0.39, 0.29) is 24.4 Å². The summed E-state index contributed by atoms with van der Waals surface area (Å²) in [6.07, 6.45) is 2.22. The van der Waals surface area contributed by atoms with Gasteiger partial charge in [-0.05, 0) is 24.3 Å². The molecule has 24 heavy (non-hydrogen) atoms. The van der Waals surface area contributed by atoms with Gasteiger partial charge in [-0.25, -0.2) is 0 Å². The van der Waals surface area contributed by atoms with E-state index >= 15 is 0 Å². The molecule has 2 fully saturated rings. The van der Waals surface area contributed by atoms with E-state index in [1.54, 1.807) is 0 Å². The summed E-state index contributed by atoms with van der Waals surface area (Å²) in [5.74, 6) is 4.22. The van der Waals surface area contributed by atoms with Gasteiger partial charge in [0.25, 0.3) is 0 Å². The van der Waals surface area contributed by atoms with Crippen molar-refractivity contribution in [2.45, 2.75) is 37.3 Å². The number of thioether (sulfide) groups is 2. The standard InChI is InChI=1S/C16H32N2O4S2/c17-3-9-23-7-1-5-19-13-11-21-16-14(12-22-15(13)16)20-6-2-8-24-10-4-18/h13-16H,1-12,17-18H2/t13-,14+,15-,16-/m1/s1. The minimum atomic E-state index is 0.0262. The van der Waals surface area contributed by atoms with Crippen LogP contribution in [0.5, 0.6) is 0 Å². The molecule has 2 heterocycles. The van der Waals surface area contributed by atoms with Crippen molar-refractivity contribution in [3.8, 4) is 0 Å². The van der Waals surface area contributed by atoms with Gasteiger partial charge in [0, 0.05) is 37.8 Å². The van der Waals surface area contributed by atoms with Crippen molar-refractivity contribution in [1.82, 2.24) is 0 Å². The summed E-state index contributed by atoms with van der Waals surface area (Å²) in [6.45, 7) is 4.21. The Bertz CT molecular complexity index is 298. The summed E-state index contributed by atoms with van der Waals surface area (Å²) < 4.78 is 23.6. The zero-order valence-electron chi connectivity index (χ0n) is 14.4. The number of ether oxygens (including phenoxy) is 4. The van der Waals surface area contributed by atoms with E-state index in [0.29, 0.717) is 13.2 Å². The molecule has 6 nitrogen and oxygen atoms in total. The lowest BCUT2D eigenvalue weighted by atomic mass is 10.1. The van der Waals surface area contributed by atoms with Crippen LogP contribution in [0.25, 0.3) is 0 Å². The van der Waals surface area contributed by atoms with Gasteiger partial charge in [-0.2, -0.15) is 23.5 Å². The van der Waals surface area contributed by atoms with Crippen molar-refractivity contribution in [2.75, 3.05) is 62.5 Å². The van der Waals surface area contributed by atoms with Gasteiger partial charge in [0.1, 0.15) is 24.4 Å². The molecule has 2 aliphatic heterocycles. The van der Waals surface area contributed by atoms with Crippen LogP contribution in [-0.2, 0) is 18.9 Å². The highest BCUT2D eigenvalue weighted by Crippen LogP contribution is 2.30. The Kier molecular flexibility index (Phi) is 11.0. The molecule has 2 rings (SSSR count). The Morgan fingerprint density at radius 2 is 1.21 bits per heavy atom. The highest BCUT2D eigenvalue weighted by atomic mass is 32.2. The molecule has 0 aromatic rings. The zero-order valence-corrected chi connectivity index (χ0v) is 16.0. The van der Waals surface area contributed by atoms with Crippen molar-refractivity contribution >= 4 is 23.5 Å². The van der Waals surface area contributed by atoms with Gasteiger partial charge >= 0.3 is 0 Å². The smallest absolute Gasteiger partial charge is 0.115 e. The number of hydrogen-bond acceptors (Lipinski definition) is 8. The second kappa shape index (κ2) is 12.8. The summed E-state index contributed by atoms with van der Waals surface area (Å²) in [7, 11) is 0. The Balaban J connectivity index is 1.54. The molecule has 8 heteroatoms. The lowest BCUT2D eigenvalue weighted by Gasteiger charge is -2.17. The van der Waals surface area contributed by atoms with Crippen LogP contribution >= 0.6 is 23.5 Å². The SMILES string of the molecule is NCCSCCCO[C@H]1CO[C@H]2[C@@H]1OC[C@H]2OCCCSCCN. The molecule has 142 valence electrons. The van der Waals surface area contributed by atoms with E-state index < -0.39 is 0 Å². The maximum Gasteiger partial charge on any atom is 0.115 e. The van der Waals surface area contributed by atoms with Crippen molar-refractivity contribution in [2.24, 2.45) is 11.5 Å². The van der Waals surface area contributed by atoms with Gasteiger partial charge < -0.3 is 30.4 Å². The number of rotatable bonds is 14. The first-order chi connectivity index (χ1) is 11.9. The summed E-state index contributed by atoms with van der Waals surface area (Å²) in [5.41, 5.74) is 11.0. The fourth-order valence-corrected chi connectivity index (χ4v) is 4.26. The molecular weight excluding hydrogens is 348 g/mol. The lowest BCUT2D eigenvalue weighted by molar-refractivity contribution is -0.0497. The summed E-state index contributed by atoms with van der Waals surface area (Å²) in [5, 5.41) is 0. The van der Waals surface area contributed by atoms with Gasteiger partial charge in [0.05, 0.1) is 13.2 Å². The molecule has 0 amide bonds.